The van der Waals surface area contributed by atoms with E-state index in [0.29, 0.717) is 49.7 Å². The summed E-state index contributed by atoms with van der Waals surface area (Å²) in [5.41, 5.74) is 3.67. The van der Waals surface area contributed by atoms with Gasteiger partial charge < -0.3 is 0 Å². The maximum atomic E-state index is 15.0. The van der Waals surface area contributed by atoms with Crippen LogP contribution in [0, 0.1) is 35.7 Å². The molecular weight excluding hydrogens is 631 g/mol. The highest BCUT2D eigenvalue weighted by Gasteiger charge is 2.27. The summed E-state index contributed by atoms with van der Waals surface area (Å²) in [5, 5.41) is 1.65. The molecule has 2 aromatic heterocycles. The second-order valence-electron chi connectivity index (χ2n) is 11.3. The third-order valence-electron chi connectivity index (χ3n) is 8.43. The van der Waals surface area contributed by atoms with Crippen LogP contribution < -0.4 is 0 Å². The SMILES string of the molecule is [C-]#[N+]c1cc2nc(-c3ccccc3)c(-c3ccccc3)nc2c2c(-c3cccc(-c4c(F)c(F)c(F)c(F)c4F)c3)nc3ccccc3c12. The van der Waals surface area contributed by atoms with Crippen LogP contribution >= 0.6 is 0 Å². The van der Waals surface area contributed by atoms with Gasteiger partial charge in [0.05, 0.1) is 45.8 Å². The predicted molar refractivity (Wildman–Crippen MR) is 180 cm³/mol. The van der Waals surface area contributed by atoms with E-state index in [1.54, 1.807) is 24.3 Å². The van der Waals surface area contributed by atoms with Gasteiger partial charge in [0, 0.05) is 27.5 Å². The molecule has 0 amide bonds. The predicted octanol–water partition coefficient (Wildman–Crippen LogP) is 11.2. The molecule has 0 atom stereocenters. The second kappa shape index (κ2) is 11.6. The molecule has 0 fully saturated rings. The van der Waals surface area contributed by atoms with Crippen molar-refractivity contribution in [1.82, 2.24) is 15.0 Å². The fourth-order valence-electron chi connectivity index (χ4n) is 6.22. The lowest BCUT2D eigenvalue weighted by atomic mass is 9.94. The molecule has 4 nitrogen and oxygen atoms in total. The Morgan fingerprint density at radius 3 is 1.63 bits per heavy atom. The molecule has 0 saturated carbocycles. The summed E-state index contributed by atoms with van der Waals surface area (Å²) in [6.45, 7) is 8.17. The highest BCUT2D eigenvalue weighted by atomic mass is 19.2. The molecule has 0 bridgehead atoms. The number of aromatic nitrogens is 3. The lowest BCUT2D eigenvalue weighted by molar-refractivity contribution is 0.381. The van der Waals surface area contributed by atoms with E-state index in [1.165, 1.54) is 18.2 Å². The lowest BCUT2D eigenvalue weighted by Gasteiger charge is -2.17. The van der Waals surface area contributed by atoms with Gasteiger partial charge >= 0.3 is 0 Å². The maximum absolute atomic E-state index is 15.0. The van der Waals surface area contributed by atoms with Gasteiger partial charge in [-0.3, -0.25) is 0 Å². The van der Waals surface area contributed by atoms with E-state index >= 15 is 0 Å². The van der Waals surface area contributed by atoms with Crippen LogP contribution in [-0.4, -0.2) is 15.0 Å². The van der Waals surface area contributed by atoms with E-state index in [2.05, 4.69) is 4.85 Å². The van der Waals surface area contributed by atoms with Crippen LogP contribution in [0.4, 0.5) is 27.6 Å². The quantitative estimate of drug-likeness (QED) is 0.0626. The Morgan fingerprint density at radius 1 is 0.449 bits per heavy atom. The number of pyridine rings is 1. The summed E-state index contributed by atoms with van der Waals surface area (Å²) >= 11 is 0. The number of hydrogen-bond donors (Lipinski definition) is 0. The second-order valence-corrected chi connectivity index (χ2v) is 11.3. The van der Waals surface area contributed by atoms with Gasteiger partial charge in [-0.15, -0.1) is 0 Å². The summed E-state index contributed by atoms with van der Waals surface area (Å²) < 4.78 is 72.4. The van der Waals surface area contributed by atoms with Crippen molar-refractivity contribution >= 4 is 38.4 Å². The largest absolute Gasteiger partial charge is 0.247 e. The molecule has 8 aromatic rings. The first kappa shape index (κ1) is 29.8. The zero-order valence-corrected chi connectivity index (χ0v) is 25.1. The van der Waals surface area contributed by atoms with Crippen molar-refractivity contribution in [2.24, 2.45) is 0 Å². The molecule has 0 radical (unpaired) electrons. The van der Waals surface area contributed by atoms with E-state index in [0.717, 1.165) is 11.1 Å². The van der Waals surface area contributed by atoms with Crippen LogP contribution in [0.3, 0.4) is 0 Å². The number of para-hydroxylation sites is 1. The monoisotopic (exact) mass is 650 g/mol. The van der Waals surface area contributed by atoms with E-state index in [4.69, 9.17) is 21.5 Å². The van der Waals surface area contributed by atoms with Gasteiger partial charge in [0.1, 0.15) is 0 Å². The minimum absolute atomic E-state index is 0.249. The Labute approximate surface area is 275 Å². The Kier molecular flexibility index (Phi) is 7.07. The number of halogens is 5. The molecule has 234 valence electrons. The molecule has 49 heavy (non-hydrogen) atoms. The van der Waals surface area contributed by atoms with Crippen LogP contribution in [0.25, 0.3) is 82.5 Å². The minimum atomic E-state index is -2.24. The van der Waals surface area contributed by atoms with Crippen LogP contribution in [0.1, 0.15) is 0 Å². The summed E-state index contributed by atoms with van der Waals surface area (Å²) in [5.74, 6) is -10.2. The highest BCUT2D eigenvalue weighted by Crippen LogP contribution is 2.44. The van der Waals surface area contributed by atoms with Crippen molar-refractivity contribution in [2.45, 2.75) is 0 Å². The van der Waals surface area contributed by atoms with E-state index in [9.17, 15) is 22.0 Å². The average Bonchev–Trinajstić information content (AvgIpc) is 3.15. The number of nitrogens with zero attached hydrogens (tertiary/aromatic N) is 4. The first-order chi connectivity index (χ1) is 23.9. The zero-order valence-electron chi connectivity index (χ0n) is 25.1. The molecule has 0 aliphatic heterocycles. The average molecular weight is 651 g/mol. The van der Waals surface area contributed by atoms with Crippen LogP contribution in [0.2, 0.25) is 0 Å². The van der Waals surface area contributed by atoms with Crippen molar-refractivity contribution in [2.75, 3.05) is 0 Å². The molecular formula is C40H19F5N4. The zero-order chi connectivity index (χ0) is 33.8. The normalized spacial score (nSPS) is 11.3. The molecule has 0 spiro atoms. The number of rotatable bonds is 4. The van der Waals surface area contributed by atoms with Crippen LogP contribution in [0.5, 0.6) is 0 Å². The topological polar surface area (TPSA) is 43.0 Å². The van der Waals surface area contributed by atoms with E-state index < -0.39 is 34.6 Å². The highest BCUT2D eigenvalue weighted by molar-refractivity contribution is 6.24. The minimum Gasteiger partial charge on any atom is -0.247 e. The first-order valence-electron chi connectivity index (χ1n) is 15.0. The van der Waals surface area contributed by atoms with Gasteiger partial charge in [-0.1, -0.05) is 97.1 Å². The molecule has 0 aliphatic rings. The molecule has 8 rings (SSSR count). The molecule has 0 unspecified atom stereocenters. The number of fused-ring (bicyclic) bond motifs is 5. The summed E-state index contributed by atoms with van der Waals surface area (Å²) in [4.78, 5) is 19.1. The fourth-order valence-corrected chi connectivity index (χ4v) is 6.22. The third-order valence-corrected chi connectivity index (χ3v) is 8.43. The Morgan fingerprint density at radius 2 is 0.980 bits per heavy atom. The fraction of sp³-hybridized carbons (Fsp3) is 0. The van der Waals surface area contributed by atoms with Crippen LogP contribution in [-0.2, 0) is 0 Å². The molecule has 2 heterocycles. The maximum Gasteiger partial charge on any atom is 0.200 e. The standard InChI is InChI=1S/C40H19F5N4/c1-46-27-20-28-40(49-39(22-13-6-3-7-14-22)38(48-28)21-11-4-2-5-12-21)31-30(27)25-17-8-9-18-26(25)47-37(31)24-16-10-15-23(19-24)29-32(41)34(43)36(45)35(44)33(29)42/h2-20H. The van der Waals surface area contributed by atoms with E-state index in [1.807, 2.05) is 72.8 Å². The molecule has 0 N–H and O–H groups in total. The van der Waals surface area contributed by atoms with Gasteiger partial charge in [0.15, 0.2) is 29.0 Å². The summed E-state index contributed by atoms with van der Waals surface area (Å²) in [6, 6.07) is 33.6. The van der Waals surface area contributed by atoms with Gasteiger partial charge in [-0.2, -0.15) is 0 Å². The lowest BCUT2D eigenvalue weighted by Crippen LogP contribution is -2.04. The third kappa shape index (κ3) is 4.76. The smallest absolute Gasteiger partial charge is 0.200 e. The van der Waals surface area contributed by atoms with Crippen LogP contribution in [0.15, 0.2) is 115 Å². The van der Waals surface area contributed by atoms with Crippen molar-refractivity contribution in [3.8, 4) is 44.9 Å². The first-order valence-corrected chi connectivity index (χ1v) is 15.0. The van der Waals surface area contributed by atoms with Gasteiger partial charge in [-0.05, 0) is 29.1 Å². The molecule has 6 aromatic carbocycles. The van der Waals surface area contributed by atoms with Crippen molar-refractivity contribution in [3.63, 3.8) is 0 Å². The molecule has 0 aliphatic carbocycles. The van der Waals surface area contributed by atoms with Crippen molar-refractivity contribution in [3.05, 3.63) is 156 Å². The van der Waals surface area contributed by atoms with Gasteiger partial charge in [0.2, 0.25) is 5.82 Å². The molecule has 9 heteroatoms. The van der Waals surface area contributed by atoms with E-state index in [-0.39, 0.29) is 16.9 Å². The Hall–Kier alpha value is -6.53. The Balaban J connectivity index is 1.52. The van der Waals surface area contributed by atoms with Crippen molar-refractivity contribution in [1.29, 1.82) is 0 Å². The van der Waals surface area contributed by atoms with Gasteiger partial charge in [-0.25, -0.2) is 41.7 Å². The molecule has 0 saturated heterocycles. The van der Waals surface area contributed by atoms with Gasteiger partial charge in [0.25, 0.3) is 0 Å². The van der Waals surface area contributed by atoms with Crippen molar-refractivity contribution < 1.29 is 22.0 Å². The Bertz CT molecular complexity index is 2640. The summed E-state index contributed by atoms with van der Waals surface area (Å²) in [7, 11) is 0. The summed E-state index contributed by atoms with van der Waals surface area (Å²) in [6.07, 6.45) is 0. The number of hydrogen-bond acceptors (Lipinski definition) is 3. The number of benzene rings is 6.